The van der Waals surface area contributed by atoms with Gasteiger partial charge in [0.1, 0.15) is 5.82 Å². The molecule has 2 atom stereocenters. The van der Waals surface area contributed by atoms with E-state index >= 15 is 0 Å². The lowest BCUT2D eigenvalue weighted by Gasteiger charge is -2.26. The fraction of sp³-hybridized carbons (Fsp3) is 0.474. The lowest BCUT2D eigenvalue weighted by Crippen LogP contribution is -2.43. The van der Waals surface area contributed by atoms with E-state index in [-0.39, 0.29) is 11.9 Å². The minimum Gasteiger partial charge on any atom is -0.370 e. The maximum Gasteiger partial charge on any atom is 0.240 e. The van der Waals surface area contributed by atoms with Gasteiger partial charge in [-0.3, -0.25) is 4.79 Å². The molecule has 0 unspecified atom stereocenters. The van der Waals surface area contributed by atoms with Gasteiger partial charge < -0.3 is 15.5 Å². The lowest BCUT2D eigenvalue weighted by molar-refractivity contribution is -0.129. The predicted octanol–water partition coefficient (Wildman–Crippen LogP) is 1.62. The molecule has 132 valence electrons. The van der Waals surface area contributed by atoms with Crippen LogP contribution in [0.3, 0.4) is 0 Å². The molecule has 2 aromatic rings. The van der Waals surface area contributed by atoms with Crippen molar-refractivity contribution < 1.29 is 4.79 Å². The summed E-state index contributed by atoms with van der Waals surface area (Å²) in [4.78, 5) is 14.6. The van der Waals surface area contributed by atoms with Crippen molar-refractivity contribution in [1.82, 2.24) is 20.0 Å². The standard InChI is InChI=1S/C19H25N5O/c1-14-9-18-21-11-16(13-24(18)22-14)10-20-17-7-8-23(19(17)25)12-15-5-3-2-4-6-15/h2-6,9,16-17,20-21H,7-8,10-13H2,1H3/t16-,17-/m1/s1. The molecule has 0 saturated carbocycles. The molecule has 6 nitrogen and oxygen atoms in total. The monoisotopic (exact) mass is 339 g/mol. The average Bonchev–Trinajstić information content (AvgIpc) is 3.16. The van der Waals surface area contributed by atoms with Crippen molar-refractivity contribution in [2.24, 2.45) is 5.92 Å². The van der Waals surface area contributed by atoms with Crippen molar-refractivity contribution in [2.45, 2.75) is 32.5 Å². The van der Waals surface area contributed by atoms with Gasteiger partial charge >= 0.3 is 0 Å². The maximum atomic E-state index is 12.6. The lowest BCUT2D eigenvalue weighted by atomic mass is 10.1. The summed E-state index contributed by atoms with van der Waals surface area (Å²) in [5, 5.41) is 11.4. The Hall–Kier alpha value is -2.34. The molecule has 0 spiro atoms. The van der Waals surface area contributed by atoms with Crippen molar-refractivity contribution in [3.63, 3.8) is 0 Å². The number of hydrogen-bond donors (Lipinski definition) is 2. The van der Waals surface area contributed by atoms with Crippen molar-refractivity contribution in [2.75, 3.05) is 25.0 Å². The Morgan fingerprint density at radius 2 is 2.16 bits per heavy atom. The number of benzene rings is 1. The second-order valence-electron chi connectivity index (χ2n) is 7.09. The number of fused-ring (bicyclic) bond motifs is 1. The van der Waals surface area contributed by atoms with Crippen LogP contribution in [0.1, 0.15) is 17.7 Å². The molecule has 0 bridgehead atoms. The van der Waals surface area contributed by atoms with Crippen LogP contribution < -0.4 is 10.6 Å². The van der Waals surface area contributed by atoms with Crippen molar-refractivity contribution >= 4 is 11.7 Å². The Kier molecular flexibility index (Phi) is 4.44. The zero-order chi connectivity index (χ0) is 17.2. The molecule has 1 saturated heterocycles. The molecule has 4 rings (SSSR count). The molecule has 2 aliphatic rings. The van der Waals surface area contributed by atoms with E-state index in [4.69, 9.17) is 0 Å². The number of likely N-dealkylation sites (tertiary alicyclic amines) is 1. The van der Waals surface area contributed by atoms with Crippen LogP contribution >= 0.6 is 0 Å². The number of aryl methyl sites for hydroxylation is 1. The molecule has 6 heteroatoms. The molecule has 1 fully saturated rings. The highest BCUT2D eigenvalue weighted by Gasteiger charge is 2.32. The van der Waals surface area contributed by atoms with E-state index in [0.717, 1.165) is 44.1 Å². The van der Waals surface area contributed by atoms with E-state index in [1.165, 1.54) is 5.56 Å². The van der Waals surface area contributed by atoms with Crippen LogP contribution in [-0.4, -0.2) is 46.3 Å². The Balaban J connectivity index is 1.28. The van der Waals surface area contributed by atoms with E-state index in [2.05, 4.69) is 33.9 Å². The first-order valence-electron chi connectivity index (χ1n) is 9.03. The van der Waals surface area contributed by atoms with Crippen LogP contribution in [-0.2, 0) is 17.9 Å². The summed E-state index contributed by atoms with van der Waals surface area (Å²) in [5.41, 5.74) is 2.23. The molecular formula is C19H25N5O. The van der Waals surface area contributed by atoms with E-state index in [1.807, 2.05) is 34.7 Å². The van der Waals surface area contributed by atoms with Gasteiger partial charge in [-0.05, 0) is 18.9 Å². The summed E-state index contributed by atoms with van der Waals surface area (Å²) in [7, 11) is 0. The fourth-order valence-electron chi connectivity index (χ4n) is 3.72. The SMILES string of the molecule is Cc1cc2n(n1)C[C@H](CN[C@@H]1CCN(Cc3ccccc3)C1=O)CN2. The quantitative estimate of drug-likeness (QED) is 0.869. The predicted molar refractivity (Wildman–Crippen MR) is 97.2 cm³/mol. The van der Waals surface area contributed by atoms with Gasteiger partial charge in [0.05, 0.1) is 11.7 Å². The third kappa shape index (κ3) is 3.54. The number of aromatic nitrogens is 2. The summed E-state index contributed by atoms with van der Waals surface area (Å²) >= 11 is 0. The van der Waals surface area contributed by atoms with Gasteiger partial charge in [0.2, 0.25) is 5.91 Å². The highest BCUT2D eigenvalue weighted by molar-refractivity contribution is 5.83. The number of rotatable bonds is 5. The molecule has 0 aliphatic carbocycles. The maximum absolute atomic E-state index is 12.6. The third-order valence-electron chi connectivity index (χ3n) is 5.07. The van der Waals surface area contributed by atoms with Gasteiger partial charge in [-0.25, -0.2) is 4.68 Å². The summed E-state index contributed by atoms with van der Waals surface area (Å²) in [6.07, 6.45) is 0.887. The first-order chi connectivity index (χ1) is 12.2. The second-order valence-corrected chi connectivity index (χ2v) is 7.09. The zero-order valence-electron chi connectivity index (χ0n) is 14.6. The molecule has 0 radical (unpaired) electrons. The van der Waals surface area contributed by atoms with Gasteiger partial charge in [-0.15, -0.1) is 0 Å². The molecular weight excluding hydrogens is 314 g/mol. The highest BCUT2D eigenvalue weighted by atomic mass is 16.2. The van der Waals surface area contributed by atoms with Crippen molar-refractivity contribution in [1.29, 1.82) is 0 Å². The summed E-state index contributed by atoms with van der Waals surface area (Å²) in [5.74, 6) is 1.77. The molecule has 1 amide bonds. The number of anilines is 1. The van der Waals surface area contributed by atoms with E-state index < -0.39 is 0 Å². The van der Waals surface area contributed by atoms with Gasteiger partial charge in [-0.1, -0.05) is 30.3 Å². The summed E-state index contributed by atoms with van der Waals surface area (Å²) in [6.45, 7) is 6.21. The first kappa shape index (κ1) is 16.1. The van der Waals surface area contributed by atoms with Crippen LogP contribution in [0.2, 0.25) is 0 Å². The number of nitrogens with one attached hydrogen (secondary N) is 2. The fourth-order valence-corrected chi connectivity index (χ4v) is 3.72. The van der Waals surface area contributed by atoms with Crippen LogP contribution in [0.25, 0.3) is 0 Å². The number of amides is 1. The minimum atomic E-state index is -0.0514. The Labute approximate surface area is 148 Å². The highest BCUT2D eigenvalue weighted by Crippen LogP contribution is 2.19. The van der Waals surface area contributed by atoms with Crippen LogP contribution in [0.15, 0.2) is 36.4 Å². The molecule has 1 aromatic heterocycles. The Bertz CT molecular complexity index is 742. The molecule has 3 heterocycles. The van der Waals surface area contributed by atoms with E-state index in [0.29, 0.717) is 12.5 Å². The minimum absolute atomic E-state index is 0.0514. The molecule has 2 N–H and O–H groups in total. The smallest absolute Gasteiger partial charge is 0.240 e. The van der Waals surface area contributed by atoms with Crippen LogP contribution in [0, 0.1) is 12.8 Å². The molecule has 1 aromatic carbocycles. The normalized spacial score (nSPS) is 22.8. The van der Waals surface area contributed by atoms with Gasteiger partial charge in [0.25, 0.3) is 0 Å². The number of nitrogens with zero attached hydrogens (tertiary/aromatic N) is 3. The van der Waals surface area contributed by atoms with E-state index in [1.54, 1.807) is 0 Å². The number of carbonyl (C=O) groups is 1. The van der Waals surface area contributed by atoms with E-state index in [9.17, 15) is 4.79 Å². The van der Waals surface area contributed by atoms with Crippen molar-refractivity contribution in [3.05, 3.63) is 47.7 Å². The average molecular weight is 339 g/mol. The first-order valence-corrected chi connectivity index (χ1v) is 9.03. The summed E-state index contributed by atoms with van der Waals surface area (Å²) < 4.78 is 2.03. The molecule has 25 heavy (non-hydrogen) atoms. The number of hydrogen-bond acceptors (Lipinski definition) is 4. The number of carbonyl (C=O) groups excluding carboxylic acids is 1. The second kappa shape index (κ2) is 6.88. The zero-order valence-corrected chi connectivity index (χ0v) is 14.6. The Morgan fingerprint density at radius 3 is 3.00 bits per heavy atom. The van der Waals surface area contributed by atoms with Gasteiger partial charge in [0.15, 0.2) is 0 Å². The Morgan fingerprint density at radius 1 is 1.32 bits per heavy atom. The van der Waals surface area contributed by atoms with Crippen LogP contribution in [0.5, 0.6) is 0 Å². The van der Waals surface area contributed by atoms with Gasteiger partial charge in [-0.2, -0.15) is 5.10 Å². The summed E-state index contributed by atoms with van der Waals surface area (Å²) in [6, 6.07) is 12.2. The van der Waals surface area contributed by atoms with Crippen LogP contribution in [0.4, 0.5) is 5.82 Å². The third-order valence-corrected chi connectivity index (χ3v) is 5.07. The van der Waals surface area contributed by atoms with Crippen molar-refractivity contribution in [3.8, 4) is 0 Å². The van der Waals surface area contributed by atoms with Gasteiger partial charge in [0, 0.05) is 44.7 Å². The largest absolute Gasteiger partial charge is 0.370 e. The molecule has 2 aliphatic heterocycles. The topological polar surface area (TPSA) is 62.2 Å².